The molecule has 0 N–H and O–H groups in total. The number of nitrogens with zero attached hydrogens (tertiary/aromatic N) is 4. The zero-order valence-corrected chi connectivity index (χ0v) is 20.3. The first-order valence-electron chi connectivity index (χ1n) is 9.04. The van der Waals surface area contributed by atoms with Crippen LogP contribution >= 0.6 is 46.3 Å². The lowest BCUT2D eigenvalue weighted by Crippen LogP contribution is -2.33. The van der Waals surface area contributed by atoms with E-state index >= 15 is 0 Å². The van der Waals surface area contributed by atoms with Gasteiger partial charge in [0.15, 0.2) is 5.65 Å². The lowest BCUT2D eigenvalue weighted by molar-refractivity contribution is 0.0756. The van der Waals surface area contributed by atoms with Crippen molar-refractivity contribution in [2.75, 3.05) is 26.8 Å². The van der Waals surface area contributed by atoms with Crippen molar-refractivity contribution in [1.29, 1.82) is 0 Å². The van der Waals surface area contributed by atoms with Gasteiger partial charge in [0.2, 0.25) is 0 Å². The van der Waals surface area contributed by atoms with Crippen LogP contribution in [0.5, 0.6) is 0 Å². The average Bonchev–Trinajstić information content (AvgIpc) is 3.34. The van der Waals surface area contributed by atoms with Crippen molar-refractivity contribution in [2.45, 2.75) is 6.42 Å². The van der Waals surface area contributed by atoms with Crippen LogP contribution in [0.2, 0.25) is 0 Å². The largest absolute Gasteiger partial charge is 0.381 e. The molecule has 1 fully saturated rings. The number of amides is 1. The van der Waals surface area contributed by atoms with E-state index in [9.17, 15) is 13.6 Å². The van der Waals surface area contributed by atoms with Crippen molar-refractivity contribution in [3.63, 3.8) is 0 Å². The first-order chi connectivity index (χ1) is 14.4. The van der Waals surface area contributed by atoms with Crippen molar-refractivity contribution in [2.24, 2.45) is 5.92 Å². The summed E-state index contributed by atoms with van der Waals surface area (Å²) < 4.78 is 37.4. The van der Waals surface area contributed by atoms with Crippen LogP contribution in [0.15, 0.2) is 29.1 Å². The molecule has 0 radical (unpaired) electrons. The molecule has 1 aromatic carbocycles. The van der Waals surface area contributed by atoms with Gasteiger partial charge in [-0.2, -0.15) is 0 Å². The van der Waals surface area contributed by atoms with Crippen LogP contribution in [0, 0.1) is 17.6 Å². The Labute approximate surface area is 196 Å². The van der Waals surface area contributed by atoms with Gasteiger partial charge < -0.3 is 9.64 Å². The van der Waals surface area contributed by atoms with E-state index in [2.05, 4.69) is 47.1 Å². The van der Waals surface area contributed by atoms with Crippen LogP contribution in [-0.2, 0) is 4.74 Å². The van der Waals surface area contributed by atoms with E-state index in [-0.39, 0.29) is 11.5 Å². The van der Waals surface area contributed by atoms with Crippen molar-refractivity contribution in [3.05, 3.63) is 46.3 Å². The summed E-state index contributed by atoms with van der Waals surface area (Å²) in [7, 11) is 2.91. The molecular weight excluding hydrogens is 593 g/mol. The number of ether oxygens (including phenoxy) is 1. The van der Waals surface area contributed by atoms with E-state index in [0.717, 1.165) is 6.42 Å². The highest BCUT2D eigenvalue weighted by Gasteiger charge is 2.26. The second-order valence-corrected chi connectivity index (χ2v) is 9.56. The first kappa shape index (κ1) is 21.9. The quantitative estimate of drug-likeness (QED) is 0.378. The smallest absolute Gasteiger partial charge is 0.259 e. The van der Waals surface area contributed by atoms with Gasteiger partial charge in [-0.15, -0.1) is 0 Å². The van der Waals surface area contributed by atoms with Crippen LogP contribution in [0.25, 0.3) is 22.3 Å². The maximum atomic E-state index is 14.9. The molecule has 0 bridgehead atoms. The lowest BCUT2D eigenvalue weighted by atomic mass is 10.0. The summed E-state index contributed by atoms with van der Waals surface area (Å²) in [5.74, 6) is -2.32. The monoisotopic (exact) mass is 608 g/mol. The standard InChI is InChI=1S/C19H16BrF2IN4O2S/c1-26(7-10-2-3-29-9-10)19(28)16-13(21)4-11(5-14(16)22)12-8-27(30-23)18-17(12)25-15(20)6-24-18/h4-6,8,10H,2-3,7,9H2,1H3. The Hall–Kier alpha value is -1.31. The topological polar surface area (TPSA) is 60.2 Å². The van der Waals surface area contributed by atoms with Crippen LogP contribution in [0.3, 0.4) is 0 Å². The number of rotatable bonds is 5. The zero-order valence-electron chi connectivity index (χ0n) is 15.7. The minimum absolute atomic E-state index is 0.179. The molecule has 11 heteroatoms. The van der Waals surface area contributed by atoms with Crippen molar-refractivity contribution in [3.8, 4) is 11.1 Å². The molecule has 2 aromatic heterocycles. The maximum Gasteiger partial charge on any atom is 0.259 e. The van der Waals surface area contributed by atoms with Crippen LogP contribution < -0.4 is 0 Å². The number of halogens is 4. The summed E-state index contributed by atoms with van der Waals surface area (Å²) in [5, 5.41) is 0. The fraction of sp³-hybridized carbons (Fsp3) is 0.316. The molecule has 1 aliphatic heterocycles. The second-order valence-electron chi connectivity index (χ2n) is 7.03. The fourth-order valence-corrected chi connectivity index (χ4v) is 5.05. The van der Waals surface area contributed by atoms with Gasteiger partial charge in [0.1, 0.15) is 27.3 Å². The van der Waals surface area contributed by atoms with E-state index < -0.39 is 23.1 Å². The summed E-state index contributed by atoms with van der Waals surface area (Å²) in [6.07, 6.45) is 4.11. The number of benzene rings is 1. The van der Waals surface area contributed by atoms with Gasteiger partial charge in [0.25, 0.3) is 5.91 Å². The van der Waals surface area contributed by atoms with Gasteiger partial charge in [0.05, 0.1) is 12.8 Å². The molecular formula is C19H16BrF2IN4O2S. The minimum atomic E-state index is -0.907. The number of aromatic nitrogens is 3. The zero-order chi connectivity index (χ0) is 21.4. The molecule has 1 atom stereocenters. The highest BCUT2D eigenvalue weighted by molar-refractivity contribution is 14.2. The summed E-state index contributed by atoms with van der Waals surface area (Å²) in [5.41, 5.74) is 1.34. The summed E-state index contributed by atoms with van der Waals surface area (Å²) in [4.78, 5) is 22.8. The number of carbonyl (C=O) groups is 1. The lowest BCUT2D eigenvalue weighted by Gasteiger charge is -2.21. The van der Waals surface area contributed by atoms with Gasteiger partial charge >= 0.3 is 0 Å². The molecule has 3 aromatic rings. The van der Waals surface area contributed by atoms with Gasteiger partial charge in [-0.3, -0.25) is 8.77 Å². The third-order valence-corrected chi connectivity index (χ3v) is 7.06. The molecule has 1 amide bonds. The Balaban J connectivity index is 1.70. The van der Waals surface area contributed by atoms with E-state index in [0.29, 0.717) is 41.1 Å². The molecule has 6 nitrogen and oxygen atoms in total. The van der Waals surface area contributed by atoms with Crippen molar-refractivity contribution < 1.29 is 18.3 Å². The van der Waals surface area contributed by atoms with Crippen molar-refractivity contribution in [1.82, 2.24) is 18.8 Å². The maximum absolute atomic E-state index is 14.9. The van der Waals surface area contributed by atoms with Crippen LogP contribution in [0.1, 0.15) is 16.8 Å². The van der Waals surface area contributed by atoms with Crippen LogP contribution in [0.4, 0.5) is 8.78 Å². The van der Waals surface area contributed by atoms with Gasteiger partial charge in [0, 0.05) is 68.2 Å². The SMILES string of the molecule is CN(CC1CCOC1)C(=O)c1c(F)cc(-c2cn(SI)c3ncc(Br)nc23)cc1F. The molecule has 1 aliphatic rings. The molecule has 3 heterocycles. The highest BCUT2D eigenvalue weighted by Crippen LogP contribution is 2.35. The number of hydrogen-bond donors (Lipinski definition) is 0. The normalized spacial score (nSPS) is 16.4. The first-order valence-corrected chi connectivity index (χ1v) is 13.1. The molecule has 1 unspecified atom stereocenters. The average molecular weight is 609 g/mol. The fourth-order valence-electron chi connectivity index (χ4n) is 3.53. The minimum Gasteiger partial charge on any atom is -0.381 e. The Morgan fingerprint density at radius 2 is 2.17 bits per heavy atom. The van der Waals surface area contributed by atoms with Gasteiger partial charge in [-0.25, -0.2) is 18.7 Å². The number of hydrogen-bond acceptors (Lipinski definition) is 5. The predicted molar refractivity (Wildman–Crippen MR) is 123 cm³/mol. The molecule has 0 aliphatic carbocycles. The molecule has 0 spiro atoms. The molecule has 158 valence electrons. The predicted octanol–water partition coefficient (Wildman–Crippen LogP) is 5.09. The van der Waals surface area contributed by atoms with E-state index in [1.165, 1.54) is 26.2 Å². The van der Waals surface area contributed by atoms with Crippen molar-refractivity contribution >= 4 is 63.3 Å². The number of carbonyl (C=O) groups excluding carboxylic acids is 1. The second kappa shape index (κ2) is 9.05. The number of fused-ring (bicyclic) bond motifs is 1. The third-order valence-electron chi connectivity index (χ3n) is 4.98. The Morgan fingerprint density at radius 3 is 2.80 bits per heavy atom. The summed E-state index contributed by atoms with van der Waals surface area (Å²) in [6, 6.07) is 2.34. The Morgan fingerprint density at radius 1 is 1.43 bits per heavy atom. The molecule has 30 heavy (non-hydrogen) atoms. The van der Waals surface area contributed by atoms with Crippen LogP contribution in [-0.4, -0.2) is 51.6 Å². The van der Waals surface area contributed by atoms with E-state index in [4.69, 9.17) is 4.74 Å². The summed E-state index contributed by atoms with van der Waals surface area (Å²) >= 11 is 5.37. The third kappa shape index (κ3) is 4.21. The molecule has 4 rings (SSSR count). The summed E-state index contributed by atoms with van der Waals surface area (Å²) in [6.45, 7) is 1.59. The van der Waals surface area contributed by atoms with E-state index in [1.807, 2.05) is 0 Å². The molecule has 0 saturated carbocycles. The molecule has 1 saturated heterocycles. The Kier molecular flexibility index (Phi) is 6.61. The highest BCUT2D eigenvalue weighted by atomic mass is 127. The van der Waals surface area contributed by atoms with Gasteiger partial charge in [-0.05, 0) is 40.0 Å². The van der Waals surface area contributed by atoms with Gasteiger partial charge in [-0.1, -0.05) is 0 Å². The Bertz CT molecular complexity index is 1100. The van der Waals surface area contributed by atoms with E-state index in [1.54, 1.807) is 23.4 Å².